The Labute approximate surface area is 154 Å². The van der Waals surface area contributed by atoms with Gasteiger partial charge in [0.2, 0.25) is 17.6 Å². The van der Waals surface area contributed by atoms with Gasteiger partial charge in [-0.15, -0.1) is 0 Å². The van der Waals surface area contributed by atoms with E-state index in [1.165, 1.54) is 6.07 Å². The molecule has 4 rings (SSSR count). The van der Waals surface area contributed by atoms with Gasteiger partial charge in [0.15, 0.2) is 11.6 Å². The van der Waals surface area contributed by atoms with E-state index in [1.54, 1.807) is 25.4 Å². The number of methoxy groups -OCH3 is 1. The Kier molecular flexibility index (Phi) is 4.81. The van der Waals surface area contributed by atoms with Gasteiger partial charge in [-0.3, -0.25) is 4.90 Å². The van der Waals surface area contributed by atoms with Crippen LogP contribution in [0.25, 0.3) is 11.4 Å². The standard InChI is InChI=1S/C19H18F2N4O2/c1-26-17-7-5-13(10-22-17)18-23-19(27-24-18)16-3-2-8-25(16)11-12-4-6-14(20)15(21)9-12/h4-7,9-10,16H,2-3,8,11H2,1H3. The number of benzene rings is 1. The maximum absolute atomic E-state index is 13.5. The minimum Gasteiger partial charge on any atom is -0.481 e. The smallest absolute Gasteiger partial charge is 0.244 e. The van der Waals surface area contributed by atoms with Crippen molar-refractivity contribution < 1.29 is 18.0 Å². The highest BCUT2D eigenvalue weighted by Gasteiger charge is 2.31. The highest BCUT2D eigenvalue weighted by atomic mass is 19.2. The molecule has 8 heteroatoms. The number of hydrogen-bond acceptors (Lipinski definition) is 6. The molecule has 3 aromatic rings. The molecule has 0 spiro atoms. The van der Waals surface area contributed by atoms with Crippen molar-refractivity contribution in [1.82, 2.24) is 20.0 Å². The second-order valence-corrected chi connectivity index (χ2v) is 6.42. The fourth-order valence-corrected chi connectivity index (χ4v) is 3.29. The lowest BCUT2D eigenvalue weighted by Crippen LogP contribution is -2.23. The van der Waals surface area contributed by atoms with Crippen molar-refractivity contribution in [2.45, 2.75) is 25.4 Å². The molecule has 27 heavy (non-hydrogen) atoms. The Morgan fingerprint density at radius 2 is 2.11 bits per heavy atom. The Morgan fingerprint density at radius 3 is 2.85 bits per heavy atom. The second kappa shape index (κ2) is 7.40. The SMILES string of the molecule is COc1ccc(-c2noc(C3CCCN3Cc3ccc(F)c(F)c3)n2)cn1. The number of hydrogen-bond donors (Lipinski definition) is 0. The van der Waals surface area contributed by atoms with E-state index in [0.717, 1.165) is 31.0 Å². The van der Waals surface area contributed by atoms with Crippen molar-refractivity contribution >= 4 is 0 Å². The molecule has 2 aromatic heterocycles. The van der Waals surface area contributed by atoms with E-state index in [9.17, 15) is 8.78 Å². The van der Waals surface area contributed by atoms with Crippen molar-refractivity contribution in [2.24, 2.45) is 0 Å². The molecule has 1 aromatic carbocycles. The number of pyridine rings is 1. The zero-order valence-corrected chi connectivity index (χ0v) is 14.7. The molecule has 1 aliphatic rings. The van der Waals surface area contributed by atoms with E-state index in [0.29, 0.717) is 29.7 Å². The number of aromatic nitrogens is 3. The molecule has 0 amide bonds. The zero-order chi connectivity index (χ0) is 18.8. The van der Waals surface area contributed by atoms with E-state index in [2.05, 4.69) is 20.0 Å². The molecule has 6 nitrogen and oxygen atoms in total. The zero-order valence-electron chi connectivity index (χ0n) is 14.7. The third kappa shape index (κ3) is 3.66. The minimum absolute atomic E-state index is 0.0504. The van der Waals surface area contributed by atoms with Gasteiger partial charge >= 0.3 is 0 Å². The average Bonchev–Trinajstić information content (AvgIpc) is 3.34. The van der Waals surface area contributed by atoms with Crippen LogP contribution in [0.15, 0.2) is 41.1 Å². The Balaban J connectivity index is 1.51. The van der Waals surface area contributed by atoms with E-state index in [1.807, 2.05) is 6.07 Å². The molecule has 1 aliphatic heterocycles. The Bertz CT molecular complexity index is 930. The van der Waals surface area contributed by atoms with Crippen molar-refractivity contribution in [3.8, 4) is 17.3 Å². The lowest BCUT2D eigenvalue weighted by molar-refractivity contribution is 0.201. The first-order valence-electron chi connectivity index (χ1n) is 8.66. The summed E-state index contributed by atoms with van der Waals surface area (Å²) in [5.74, 6) is -0.196. The van der Waals surface area contributed by atoms with Gasteiger partial charge in [0.25, 0.3) is 0 Å². The van der Waals surface area contributed by atoms with Crippen molar-refractivity contribution in [3.05, 3.63) is 59.6 Å². The predicted molar refractivity (Wildman–Crippen MR) is 92.8 cm³/mol. The van der Waals surface area contributed by atoms with E-state index >= 15 is 0 Å². The van der Waals surface area contributed by atoms with Crippen LogP contribution in [-0.4, -0.2) is 33.7 Å². The van der Waals surface area contributed by atoms with Crippen LogP contribution in [0, 0.1) is 11.6 Å². The molecule has 1 unspecified atom stereocenters. The van der Waals surface area contributed by atoms with Gasteiger partial charge < -0.3 is 9.26 Å². The maximum Gasteiger partial charge on any atom is 0.244 e. The van der Waals surface area contributed by atoms with Gasteiger partial charge in [0, 0.05) is 24.4 Å². The van der Waals surface area contributed by atoms with Crippen molar-refractivity contribution in [1.29, 1.82) is 0 Å². The molecule has 0 radical (unpaired) electrons. The van der Waals surface area contributed by atoms with Crippen molar-refractivity contribution in [2.75, 3.05) is 13.7 Å². The molecular formula is C19H18F2N4O2. The molecule has 3 heterocycles. The summed E-state index contributed by atoms with van der Waals surface area (Å²) in [6, 6.07) is 7.47. The number of halogens is 2. The van der Waals surface area contributed by atoms with Gasteiger partial charge in [-0.1, -0.05) is 11.2 Å². The van der Waals surface area contributed by atoms with Crippen LogP contribution >= 0.6 is 0 Å². The third-order valence-corrected chi connectivity index (χ3v) is 4.66. The Morgan fingerprint density at radius 1 is 1.22 bits per heavy atom. The molecule has 0 N–H and O–H groups in total. The van der Waals surface area contributed by atoms with Crippen LogP contribution in [0.1, 0.15) is 30.3 Å². The highest BCUT2D eigenvalue weighted by Crippen LogP contribution is 2.33. The van der Waals surface area contributed by atoms with Gasteiger partial charge in [-0.25, -0.2) is 13.8 Å². The topological polar surface area (TPSA) is 64.3 Å². The van der Waals surface area contributed by atoms with Gasteiger partial charge in [-0.2, -0.15) is 4.98 Å². The highest BCUT2D eigenvalue weighted by molar-refractivity contribution is 5.53. The lowest BCUT2D eigenvalue weighted by Gasteiger charge is -2.21. The average molecular weight is 372 g/mol. The van der Waals surface area contributed by atoms with Gasteiger partial charge in [-0.05, 0) is 43.1 Å². The van der Waals surface area contributed by atoms with Crippen LogP contribution in [0.2, 0.25) is 0 Å². The van der Waals surface area contributed by atoms with Crippen LogP contribution < -0.4 is 4.74 Å². The number of rotatable bonds is 5. The molecule has 1 fully saturated rings. The minimum atomic E-state index is -0.841. The summed E-state index contributed by atoms with van der Waals surface area (Å²) < 4.78 is 37.1. The third-order valence-electron chi connectivity index (χ3n) is 4.66. The lowest BCUT2D eigenvalue weighted by atomic mass is 10.1. The number of likely N-dealkylation sites (tertiary alicyclic amines) is 1. The van der Waals surface area contributed by atoms with Crippen LogP contribution in [0.4, 0.5) is 8.78 Å². The summed E-state index contributed by atoms with van der Waals surface area (Å²) in [6.07, 6.45) is 3.46. The second-order valence-electron chi connectivity index (χ2n) is 6.42. The number of ether oxygens (including phenoxy) is 1. The van der Waals surface area contributed by atoms with Crippen LogP contribution in [0.5, 0.6) is 5.88 Å². The predicted octanol–water partition coefficient (Wildman–Crippen LogP) is 3.76. The first-order valence-corrected chi connectivity index (χ1v) is 8.66. The first-order chi connectivity index (χ1) is 13.1. The molecule has 0 bridgehead atoms. The quantitative estimate of drug-likeness (QED) is 0.680. The largest absolute Gasteiger partial charge is 0.481 e. The number of nitrogens with zero attached hydrogens (tertiary/aromatic N) is 4. The Hall–Kier alpha value is -2.87. The van der Waals surface area contributed by atoms with E-state index < -0.39 is 11.6 Å². The molecular weight excluding hydrogens is 354 g/mol. The first kappa shape index (κ1) is 17.5. The van der Waals surface area contributed by atoms with Gasteiger partial charge in [0.05, 0.1) is 13.2 Å². The molecule has 0 aliphatic carbocycles. The molecule has 140 valence electrons. The van der Waals surface area contributed by atoms with Crippen LogP contribution in [0.3, 0.4) is 0 Å². The normalized spacial score (nSPS) is 17.4. The fourth-order valence-electron chi connectivity index (χ4n) is 3.29. The molecule has 1 saturated heterocycles. The summed E-state index contributed by atoms with van der Waals surface area (Å²) in [5, 5.41) is 4.05. The maximum atomic E-state index is 13.5. The summed E-state index contributed by atoms with van der Waals surface area (Å²) >= 11 is 0. The van der Waals surface area contributed by atoms with E-state index in [4.69, 9.17) is 9.26 Å². The monoisotopic (exact) mass is 372 g/mol. The fraction of sp³-hybridized carbons (Fsp3) is 0.316. The van der Waals surface area contributed by atoms with Crippen LogP contribution in [-0.2, 0) is 6.54 Å². The summed E-state index contributed by atoms with van der Waals surface area (Å²) in [7, 11) is 1.55. The summed E-state index contributed by atoms with van der Waals surface area (Å²) in [5.41, 5.74) is 1.44. The molecule has 0 saturated carbocycles. The summed E-state index contributed by atoms with van der Waals surface area (Å²) in [4.78, 5) is 10.8. The van der Waals surface area contributed by atoms with Gasteiger partial charge in [0.1, 0.15) is 0 Å². The van der Waals surface area contributed by atoms with Crippen molar-refractivity contribution in [3.63, 3.8) is 0 Å². The molecule has 1 atom stereocenters. The van der Waals surface area contributed by atoms with E-state index in [-0.39, 0.29) is 6.04 Å². The summed E-state index contributed by atoms with van der Waals surface area (Å²) in [6.45, 7) is 1.31.